The molecule has 0 heterocycles. The quantitative estimate of drug-likeness (QED) is 0.214. The van der Waals surface area contributed by atoms with Crippen molar-refractivity contribution in [2.75, 3.05) is 0 Å². The number of fused-ring (bicyclic) bond motifs is 5. The van der Waals surface area contributed by atoms with Crippen LogP contribution in [0.2, 0.25) is 0 Å². The molecular weight excluding hydrogens is 426 g/mol. The molecule has 1 nitrogen and oxygen atoms in total. The third-order valence-electron chi connectivity index (χ3n) is 10.6. The average molecular weight is 478 g/mol. The molecule has 184 valence electrons. The molecule has 3 heteroatoms. The Kier molecular flexibility index (Phi) is 8.11. The Morgan fingerprint density at radius 2 is 1.78 bits per heavy atom. The topological polar surface area (TPSA) is 26.0 Å². The Hall–Kier alpha value is 0.400. The van der Waals surface area contributed by atoms with Crippen LogP contribution in [0.3, 0.4) is 0 Å². The van der Waals surface area contributed by atoms with Gasteiger partial charge < -0.3 is 5.73 Å². The van der Waals surface area contributed by atoms with Gasteiger partial charge in [0.1, 0.15) is 0 Å². The predicted molar refractivity (Wildman–Crippen MR) is 146 cm³/mol. The molecule has 4 rings (SSSR count). The molecule has 4 aliphatic carbocycles. The summed E-state index contributed by atoms with van der Waals surface area (Å²) in [4.78, 5) is 0. The summed E-state index contributed by atoms with van der Waals surface area (Å²) in [5.74, 6) is 5.63. The molecular formula is C29H51NS2. The zero-order chi connectivity index (χ0) is 23.1. The highest BCUT2D eigenvalue weighted by molar-refractivity contribution is 8.77. The van der Waals surface area contributed by atoms with Gasteiger partial charge in [0.2, 0.25) is 0 Å². The summed E-state index contributed by atoms with van der Waals surface area (Å²) in [6.07, 6.45) is 18.6. The van der Waals surface area contributed by atoms with E-state index in [4.69, 9.17) is 5.73 Å². The lowest BCUT2D eigenvalue weighted by Crippen LogP contribution is -2.50. The van der Waals surface area contributed by atoms with Crippen LogP contribution in [0.5, 0.6) is 0 Å². The van der Waals surface area contributed by atoms with Gasteiger partial charge in [0.05, 0.1) is 5.37 Å². The zero-order valence-corrected chi connectivity index (χ0v) is 23.5. The zero-order valence-electron chi connectivity index (χ0n) is 21.9. The molecule has 0 aromatic heterocycles. The van der Waals surface area contributed by atoms with Crippen molar-refractivity contribution in [1.29, 1.82) is 0 Å². The largest absolute Gasteiger partial charge is 0.319 e. The first-order valence-corrected chi connectivity index (χ1v) is 16.2. The summed E-state index contributed by atoms with van der Waals surface area (Å²) < 4.78 is 0. The number of rotatable bonds is 8. The van der Waals surface area contributed by atoms with Crippen LogP contribution in [0.4, 0.5) is 0 Å². The smallest absolute Gasteiger partial charge is 0.0583 e. The minimum Gasteiger partial charge on any atom is -0.319 e. The Balaban J connectivity index is 1.44. The molecule has 9 atom stereocenters. The molecule has 0 amide bonds. The summed E-state index contributed by atoms with van der Waals surface area (Å²) in [5.41, 5.74) is 8.94. The predicted octanol–water partition coefficient (Wildman–Crippen LogP) is 9.08. The molecule has 0 aromatic carbocycles. The third kappa shape index (κ3) is 4.88. The lowest BCUT2D eigenvalue weighted by molar-refractivity contribution is -0.0497. The average Bonchev–Trinajstić information content (AvgIpc) is 3.09. The van der Waals surface area contributed by atoms with E-state index >= 15 is 0 Å². The molecule has 4 aliphatic rings. The van der Waals surface area contributed by atoms with E-state index in [1.54, 1.807) is 0 Å². The fourth-order valence-electron chi connectivity index (χ4n) is 8.90. The third-order valence-corrected chi connectivity index (χ3v) is 13.8. The molecule has 2 N–H and O–H groups in total. The van der Waals surface area contributed by atoms with Gasteiger partial charge in [-0.05, 0) is 105 Å². The van der Waals surface area contributed by atoms with Crippen molar-refractivity contribution in [1.82, 2.24) is 0 Å². The normalized spacial score (nSPS) is 43.2. The summed E-state index contributed by atoms with van der Waals surface area (Å²) in [5, 5.41) is 1.02. The number of hydrogen-bond donors (Lipinski definition) is 1. The van der Waals surface area contributed by atoms with Crippen molar-refractivity contribution in [3.63, 3.8) is 0 Å². The van der Waals surface area contributed by atoms with E-state index in [2.05, 4.69) is 58.4 Å². The Morgan fingerprint density at radius 3 is 2.50 bits per heavy atom. The minimum atomic E-state index is 0.247. The van der Waals surface area contributed by atoms with Gasteiger partial charge in [0.25, 0.3) is 0 Å². The summed E-state index contributed by atoms with van der Waals surface area (Å²) >= 11 is 0. The van der Waals surface area contributed by atoms with Crippen LogP contribution < -0.4 is 5.73 Å². The SMILES string of the molecule is CC(C)CCCC(C)C1CCC2C3CC=C4CC(SSC(C)N)CC[C@]4(C)C3CC[C@]12C. The number of allylic oxidation sites excluding steroid dienone is 2. The maximum atomic E-state index is 6.02. The molecule has 7 unspecified atom stereocenters. The molecule has 0 spiro atoms. The fraction of sp³-hybridized carbons (Fsp3) is 0.931. The standard InChI is InChI=1S/C29H51NS2/c1-19(2)8-7-9-20(3)25-12-13-26-24-11-10-22-18-23(32-31-21(4)30)14-16-28(22,5)27(24)15-17-29(25,26)6/h10,19-21,23-27H,7-9,11-18,30H2,1-6H3/t20?,21?,23?,24?,25?,26?,27?,28-,29+/m0/s1. The van der Waals surface area contributed by atoms with Crippen molar-refractivity contribution in [3.8, 4) is 0 Å². The molecule has 0 bridgehead atoms. The van der Waals surface area contributed by atoms with Crippen LogP contribution in [0, 0.1) is 46.3 Å². The number of hydrogen-bond acceptors (Lipinski definition) is 3. The van der Waals surface area contributed by atoms with Crippen molar-refractivity contribution in [2.45, 2.75) is 123 Å². The van der Waals surface area contributed by atoms with E-state index in [0.29, 0.717) is 10.8 Å². The first kappa shape index (κ1) is 25.5. The van der Waals surface area contributed by atoms with Gasteiger partial charge in [0.15, 0.2) is 0 Å². The highest BCUT2D eigenvalue weighted by Crippen LogP contribution is 2.67. The van der Waals surface area contributed by atoms with E-state index in [9.17, 15) is 0 Å². The van der Waals surface area contributed by atoms with E-state index < -0.39 is 0 Å². The van der Waals surface area contributed by atoms with Crippen molar-refractivity contribution in [2.24, 2.45) is 52.1 Å². The van der Waals surface area contributed by atoms with Crippen LogP contribution in [0.15, 0.2) is 11.6 Å². The Morgan fingerprint density at radius 1 is 1.00 bits per heavy atom. The summed E-state index contributed by atoms with van der Waals surface area (Å²) in [6, 6.07) is 0. The van der Waals surface area contributed by atoms with Crippen LogP contribution in [-0.4, -0.2) is 10.6 Å². The van der Waals surface area contributed by atoms with Crippen LogP contribution in [0.1, 0.15) is 112 Å². The van der Waals surface area contributed by atoms with E-state index in [1.165, 1.54) is 70.6 Å². The van der Waals surface area contributed by atoms with Gasteiger partial charge in [-0.3, -0.25) is 0 Å². The molecule has 32 heavy (non-hydrogen) atoms. The van der Waals surface area contributed by atoms with E-state index in [0.717, 1.165) is 40.8 Å². The molecule has 3 fully saturated rings. The molecule has 0 radical (unpaired) electrons. The van der Waals surface area contributed by atoms with Crippen molar-refractivity contribution in [3.05, 3.63) is 11.6 Å². The van der Waals surface area contributed by atoms with Crippen molar-refractivity contribution >= 4 is 21.6 Å². The highest BCUT2D eigenvalue weighted by atomic mass is 33.1. The maximum Gasteiger partial charge on any atom is 0.0583 e. The fourth-order valence-corrected chi connectivity index (χ4v) is 11.2. The monoisotopic (exact) mass is 477 g/mol. The Labute approximate surface area is 207 Å². The second-order valence-corrected chi connectivity index (χ2v) is 16.0. The molecule has 0 saturated heterocycles. The van der Waals surface area contributed by atoms with E-state index in [-0.39, 0.29) is 5.37 Å². The molecule has 0 aliphatic heterocycles. The van der Waals surface area contributed by atoms with Crippen LogP contribution >= 0.6 is 21.6 Å². The van der Waals surface area contributed by atoms with Gasteiger partial charge in [0, 0.05) is 5.25 Å². The summed E-state index contributed by atoms with van der Waals surface area (Å²) in [6.45, 7) is 14.9. The first-order chi connectivity index (χ1) is 15.1. The maximum absolute atomic E-state index is 6.02. The first-order valence-electron chi connectivity index (χ1n) is 13.9. The highest BCUT2D eigenvalue weighted by Gasteiger charge is 2.59. The minimum absolute atomic E-state index is 0.247. The summed E-state index contributed by atoms with van der Waals surface area (Å²) in [7, 11) is 3.95. The van der Waals surface area contributed by atoms with E-state index in [1.807, 2.05) is 16.4 Å². The van der Waals surface area contributed by atoms with Gasteiger partial charge in [-0.1, -0.05) is 87.1 Å². The lowest BCUT2D eigenvalue weighted by Gasteiger charge is -2.58. The van der Waals surface area contributed by atoms with Crippen LogP contribution in [0.25, 0.3) is 0 Å². The van der Waals surface area contributed by atoms with Crippen molar-refractivity contribution < 1.29 is 0 Å². The van der Waals surface area contributed by atoms with Crippen LogP contribution in [-0.2, 0) is 0 Å². The van der Waals surface area contributed by atoms with Gasteiger partial charge in [-0.15, -0.1) is 0 Å². The van der Waals surface area contributed by atoms with Gasteiger partial charge in [-0.25, -0.2) is 0 Å². The second-order valence-electron chi connectivity index (χ2n) is 13.1. The Bertz CT molecular complexity index is 672. The van der Waals surface area contributed by atoms with Gasteiger partial charge in [-0.2, -0.15) is 0 Å². The van der Waals surface area contributed by atoms with Gasteiger partial charge >= 0.3 is 0 Å². The molecule has 3 saturated carbocycles. The second kappa shape index (κ2) is 10.2. The molecule has 0 aromatic rings. The number of nitrogens with two attached hydrogens (primary N) is 1. The lowest BCUT2D eigenvalue weighted by atomic mass is 9.47.